The van der Waals surface area contributed by atoms with E-state index in [1.165, 1.54) is 12.1 Å². The molecule has 0 spiro atoms. The summed E-state index contributed by atoms with van der Waals surface area (Å²) >= 11 is 0. The minimum atomic E-state index is -0.324. The standard InChI is InChI=1S/C23H31FN2O3.ClH/c1-16(2)26(20-6-4-9-25-15-20)23(27)18-12-17-7-8-19(24)14-21(17)22(13-18)29-11-5-10-28-3;/h7-8,12-14,16,20,25H,4-6,9-11,15H2,1-3H3;1H/t20-;/m1./s1. The van der Waals surface area contributed by atoms with E-state index < -0.39 is 0 Å². The zero-order valence-electron chi connectivity index (χ0n) is 17.9. The molecule has 2 aromatic carbocycles. The Morgan fingerprint density at radius 1 is 1.27 bits per heavy atom. The molecular formula is C23H32ClFN2O3. The molecule has 166 valence electrons. The Hall–Kier alpha value is -1.89. The predicted octanol–water partition coefficient (Wildman–Crippen LogP) is 4.42. The second-order valence-electron chi connectivity index (χ2n) is 7.84. The molecule has 1 aliphatic heterocycles. The number of ether oxygens (including phenoxy) is 2. The Balaban J connectivity index is 0.00000320. The third kappa shape index (κ3) is 5.84. The van der Waals surface area contributed by atoms with Crippen molar-refractivity contribution in [1.29, 1.82) is 0 Å². The Labute approximate surface area is 184 Å². The van der Waals surface area contributed by atoms with Gasteiger partial charge in [0.15, 0.2) is 0 Å². The van der Waals surface area contributed by atoms with Crippen molar-refractivity contribution in [2.24, 2.45) is 0 Å². The van der Waals surface area contributed by atoms with Gasteiger partial charge >= 0.3 is 0 Å². The van der Waals surface area contributed by atoms with Crippen molar-refractivity contribution in [3.63, 3.8) is 0 Å². The van der Waals surface area contributed by atoms with Crippen LogP contribution in [0.4, 0.5) is 4.39 Å². The molecule has 0 aromatic heterocycles. The quantitative estimate of drug-likeness (QED) is 0.620. The number of piperidine rings is 1. The van der Waals surface area contributed by atoms with Crippen molar-refractivity contribution in [2.75, 3.05) is 33.4 Å². The topological polar surface area (TPSA) is 50.8 Å². The summed E-state index contributed by atoms with van der Waals surface area (Å²) in [7, 11) is 1.64. The van der Waals surface area contributed by atoms with Gasteiger partial charge in [0.2, 0.25) is 0 Å². The van der Waals surface area contributed by atoms with Crippen molar-refractivity contribution >= 4 is 29.1 Å². The van der Waals surface area contributed by atoms with Crippen LogP contribution in [0, 0.1) is 5.82 Å². The number of benzene rings is 2. The first-order valence-corrected chi connectivity index (χ1v) is 10.4. The lowest BCUT2D eigenvalue weighted by Crippen LogP contribution is -2.51. The number of nitrogens with one attached hydrogen (secondary N) is 1. The number of amides is 1. The fraction of sp³-hybridized carbons (Fsp3) is 0.522. The number of hydrogen-bond donors (Lipinski definition) is 1. The van der Waals surface area contributed by atoms with E-state index >= 15 is 0 Å². The summed E-state index contributed by atoms with van der Waals surface area (Å²) in [5, 5.41) is 4.86. The van der Waals surface area contributed by atoms with Crippen molar-refractivity contribution in [1.82, 2.24) is 10.2 Å². The number of halogens is 2. The SMILES string of the molecule is COCCCOc1cc(C(=O)N(C(C)C)[C@@H]2CCCNC2)cc2ccc(F)cc12.Cl. The summed E-state index contributed by atoms with van der Waals surface area (Å²) in [6.07, 6.45) is 2.78. The van der Waals surface area contributed by atoms with E-state index in [1.54, 1.807) is 19.2 Å². The largest absolute Gasteiger partial charge is 0.493 e. The van der Waals surface area contributed by atoms with E-state index in [4.69, 9.17) is 9.47 Å². The van der Waals surface area contributed by atoms with Crippen LogP contribution >= 0.6 is 12.4 Å². The summed E-state index contributed by atoms with van der Waals surface area (Å²) in [5.41, 5.74) is 0.574. The zero-order valence-corrected chi connectivity index (χ0v) is 18.8. The Morgan fingerprint density at radius 3 is 2.73 bits per heavy atom. The van der Waals surface area contributed by atoms with Gasteiger partial charge in [-0.05, 0) is 62.9 Å². The summed E-state index contributed by atoms with van der Waals surface area (Å²) in [4.78, 5) is 15.4. The van der Waals surface area contributed by atoms with Gasteiger partial charge in [-0.15, -0.1) is 12.4 Å². The molecule has 1 atom stereocenters. The van der Waals surface area contributed by atoms with Crippen LogP contribution in [0.2, 0.25) is 0 Å². The molecule has 0 aliphatic carbocycles. The molecule has 1 fully saturated rings. The Bertz CT molecular complexity index is 841. The highest BCUT2D eigenvalue weighted by atomic mass is 35.5. The number of fused-ring (bicyclic) bond motifs is 1. The maximum absolute atomic E-state index is 13.8. The van der Waals surface area contributed by atoms with E-state index in [1.807, 2.05) is 24.8 Å². The predicted molar refractivity (Wildman–Crippen MR) is 120 cm³/mol. The van der Waals surface area contributed by atoms with E-state index in [9.17, 15) is 9.18 Å². The second kappa shape index (κ2) is 11.5. The molecule has 1 heterocycles. The smallest absolute Gasteiger partial charge is 0.254 e. The molecule has 5 nitrogen and oxygen atoms in total. The highest BCUT2D eigenvalue weighted by molar-refractivity contribution is 6.01. The number of nitrogens with zero attached hydrogens (tertiary/aromatic N) is 1. The van der Waals surface area contributed by atoms with Crippen LogP contribution in [0.3, 0.4) is 0 Å². The van der Waals surface area contributed by atoms with Crippen molar-refractivity contribution < 1.29 is 18.7 Å². The molecule has 1 amide bonds. The molecule has 0 bridgehead atoms. The molecule has 7 heteroatoms. The third-order valence-corrected chi connectivity index (χ3v) is 5.33. The van der Waals surface area contributed by atoms with Gasteiger partial charge in [-0.1, -0.05) is 6.07 Å². The zero-order chi connectivity index (χ0) is 20.8. The molecule has 0 saturated carbocycles. The molecule has 2 aromatic rings. The summed E-state index contributed by atoms with van der Waals surface area (Å²) in [6, 6.07) is 8.42. The second-order valence-corrected chi connectivity index (χ2v) is 7.84. The van der Waals surface area contributed by atoms with Gasteiger partial charge in [-0.3, -0.25) is 4.79 Å². The Kier molecular flexibility index (Phi) is 9.34. The van der Waals surface area contributed by atoms with Crippen LogP contribution in [0.5, 0.6) is 5.75 Å². The highest BCUT2D eigenvalue weighted by Crippen LogP contribution is 2.30. The number of rotatable bonds is 8. The Morgan fingerprint density at radius 2 is 2.07 bits per heavy atom. The lowest BCUT2D eigenvalue weighted by Gasteiger charge is -2.37. The average Bonchev–Trinajstić information content (AvgIpc) is 2.71. The molecule has 0 unspecified atom stereocenters. The van der Waals surface area contributed by atoms with Crippen LogP contribution in [0.1, 0.15) is 43.5 Å². The number of carbonyl (C=O) groups excluding carboxylic acids is 1. The van der Waals surface area contributed by atoms with Crippen LogP contribution in [0.25, 0.3) is 10.8 Å². The van der Waals surface area contributed by atoms with E-state index in [0.717, 1.165) is 37.7 Å². The first-order chi connectivity index (χ1) is 14.0. The first-order valence-electron chi connectivity index (χ1n) is 10.4. The van der Waals surface area contributed by atoms with E-state index in [-0.39, 0.29) is 36.2 Å². The molecule has 1 saturated heterocycles. The third-order valence-electron chi connectivity index (χ3n) is 5.33. The van der Waals surface area contributed by atoms with Gasteiger partial charge in [0.05, 0.1) is 6.61 Å². The minimum Gasteiger partial charge on any atom is -0.493 e. The van der Waals surface area contributed by atoms with Crippen molar-refractivity contribution in [3.05, 3.63) is 41.7 Å². The van der Waals surface area contributed by atoms with E-state index in [0.29, 0.717) is 29.9 Å². The number of methoxy groups -OCH3 is 1. The molecule has 30 heavy (non-hydrogen) atoms. The van der Waals surface area contributed by atoms with Crippen LogP contribution in [-0.4, -0.2) is 56.3 Å². The van der Waals surface area contributed by atoms with Gasteiger partial charge in [0.1, 0.15) is 11.6 Å². The maximum Gasteiger partial charge on any atom is 0.254 e. The highest BCUT2D eigenvalue weighted by Gasteiger charge is 2.29. The van der Waals surface area contributed by atoms with Gasteiger partial charge < -0.3 is 19.7 Å². The maximum atomic E-state index is 13.8. The van der Waals surface area contributed by atoms with Crippen molar-refractivity contribution in [3.8, 4) is 5.75 Å². The summed E-state index contributed by atoms with van der Waals surface area (Å²) in [6.45, 7) is 6.93. The lowest BCUT2D eigenvalue weighted by molar-refractivity contribution is 0.0573. The van der Waals surface area contributed by atoms with Crippen LogP contribution in [-0.2, 0) is 4.74 Å². The van der Waals surface area contributed by atoms with Gasteiger partial charge in [0, 0.05) is 49.7 Å². The van der Waals surface area contributed by atoms with Crippen molar-refractivity contribution in [2.45, 2.75) is 45.2 Å². The molecule has 0 radical (unpaired) electrons. The van der Waals surface area contributed by atoms with Crippen LogP contribution in [0.15, 0.2) is 30.3 Å². The van der Waals surface area contributed by atoms with Gasteiger partial charge in [-0.2, -0.15) is 0 Å². The van der Waals surface area contributed by atoms with Crippen LogP contribution < -0.4 is 10.1 Å². The average molecular weight is 439 g/mol. The molecule has 1 N–H and O–H groups in total. The summed E-state index contributed by atoms with van der Waals surface area (Å²) in [5.74, 6) is 0.198. The normalized spacial score (nSPS) is 16.4. The van der Waals surface area contributed by atoms with Gasteiger partial charge in [0.25, 0.3) is 5.91 Å². The number of carbonyl (C=O) groups is 1. The molecule has 1 aliphatic rings. The monoisotopic (exact) mass is 438 g/mol. The minimum absolute atomic E-state index is 0. The fourth-order valence-electron chi connectivity index (χ4n) is 3.97. The molecular weight excluding hydrogens is 407 g/mol. The first kappa shape index (κ1) is 24.4. The molecule has 3 rings (SSSR count). The van der Waals surface area contributed by atoms with Gasteiger partial charge in [-0.25, -0.2) is 4.39 Å². The fourth-order valence-corrected chi connectivity index (χ4v) is 3.97. The number of hydrogen-bond acceptors (Lipinski definition) is 4. The lowest BCUT2D eigenvalue weighted by atomic mass is 10.0. The summed E-state index contributed by atoms with van der Waals surface area (Å²) < 4.78 is 24.8. The van der Waals surface area contributed by atoms with E-state index in [2.05, 4.69) is 5.32 Å².